The third-order valence-electron chi connectivity index (χ3n) is 4.32. The van der Waals surface area contributed by atoms with Crippen molar-refractivity contribution in [2.24, 2.45) is 0 Å². The van der Waals surface area contributed by atoms with Gasteiger partial charge in [0.2, 0.25) is 0 Å². The monoisotopic (exact) mass is 407 g/mol. The van der Waals surface area contributed by atoms with Gasteiger partial charge in [-0.15, -0.1) is 11.3 Å². The maximum Gasteiger partial charge on any atom is 0.343 e. The lowest BCUT2D eigenvalue weighted by molar-refractivity contribution is 0.0734. The Morgan fingerprint density at radius 1 is 1.07 bits per heavy atom. The van der Waals surface area contributed by atoms with Gasteiger partial charge in [-0.05, 0) is 53.9 Å². The average Bonchev–Trinajstić information content (AvgIpc) is 3.41. The number of esters is 1. The minimum atomic E-state index is -0.526. The number of rotatable bonds is 5. The molecule has 3 aromatic rings. The molecule has 2 heterocycles. The van der Waals surface area contributed by atoms with Crippen LogP contribution in [0.2, 0.25) is 0 Å². The van der Waals surface area contributed by atoms with E-state index in [1.54, 1.807) is 59.5 Å². The standard InChI is InChI=1S/C21H17N3O4S/c25-19(18-5-2-12-29-18)23-15-6-8-17(9-7-15)28-20(26)14-3-1-4-16(13-14)24-11-10-22-21(24)27/h1-9,12-13H,10-11H2,(H,22,27)(H,23,25). The zero-order valence-corrected chi connectivity index (χ0v) is 16.1. The number of amides is 3. The number of carbonyl (C=O) groups excluding carboxylic acids is 3. The first kappa shape index (κ1) is 18.7. The second-order valence-corrected chi connectivity index (χ2v) is 7.23. The smallest absolute Gasteiger partial charge is 0.343 e. The van der Waals surface area contributed by atoms with Crippen molar-refractivity contribution in [1.82, 2.24) is 5.32 Å². The molecule has 1 aliphatic heterocycles. The zero-order chi connectivity index (χ0) is 20.2. The van der Waals surface area contributed by atoms with Crippen LogP contribution < -0.4 is 20.3 Å². The Balaban J connectivity index is 1.41. The van der Waals surface area contributed by atoms with Gasteiger partial charge < -0.3 is 15.4 Å². The summed E-state index contributed by atoms with van der Waals surface area (Å²) in [5.41, 5.74) is 1.59. The van der Waals surface area contributed by atoms with Crippen molar-refractivity contribution < 1.29 is 19.1 Å². The highest BCUT2D eigenvalue weighted by atomic mass is 32.1. The van der Waals surface area contributed by atoms with E-state index >= 15 is 0 Å². The Morgan fingerprint density at radius 3 is 2.59 bits per heavy atom. The highest BCUT2D eigenvalue weighted by Crippen LogP contribution is 2.21. The minimum absolute atomic E-state index is 0.185. The second kappa shape index (κ2) is 8.15. The number of urea groups is 1. The molecule has 0 saturated carbocycles. The van der Waals surface area contributed by atoms with Crippen LogP contribution >= 0.6 is 11.3 Å². The van der Waals surface area contributed by atoms with Crippen LogP contribution in [0.4, 0.5) is 16.2 Å². The van der Waals surface area contributed by atoms with Crippen LogP contribution in [0.15, 0.2) is 66.0 Å². The maximum absolute atomic E-state index is 12.5. The minimum Gasteiger partial charge on any atom is -0.423 e. The lowest BCUT2D eigenvalue weighted by Crippen LogP contribution is -2.27. The SMILES string of the molecule is O=C(Oc1ccc(NC(=O)c2cccs2)cc1)c1cccc(N2CCNC2=O)c1. The molecule has 0 unspecified atom stereocenters. The van der Waals surface area contributed by atoms with Crippen LogP contribution in [0.3, 0.4) is 0 Å². The molecule has 7 nitrogen and oxygen atoms in total. The number of nitrogens with zero attached hydrogens (tertiary/aromatic N) is 1. The fourth-order valence-electron chi connectivity index (χ4n) is 2.89. The number of benzene rings is 2. The molecule has 2 aromatic carbocycles. The molecule has 1 aromatic heterocycles. The molecule has 1 saturated heterocycles. The van der Waals surface area contributed by atoms with E-state index in [0.29, 0.717) is 40.7 Å². The summed E-state index contributed by atoms with van der Waals surface area (Å²) in [4.78, 5) is 38.5. The number of hydrogen-bond donors (Lipinski definition) is 2. The summed E-state index contributed by atoms with van der Waals surface area (Å²) >= 11 is 1.36. The Bertz CT molecular complexity index is 1050. The van der Waals surface area contributed by atoms with Crippen molar-refractivity contribution in [2.45, 2.75) is 0 Å². The first-order chi connectivity index (χ1) is 14.1. The molecule has 2 N–H and O–H groups in total. The normalized spacial score (nSPS) is 13.1. The van der Waals surface area contributed by atoms with Crippen LogP contribution in [0.1, 0.15) is 20.0 Å². The Hall–Kier alpha value is -3.65. The van der Waals surface area contributed by atoms with Crippen LogP contribution in [0.5, 0.6) is 5.75 Å². The van der Waals surface area contributed by atoms with E-state index in [9.17, 15) is 14.4 Å². The van der Waals surface area contributed by atoms with Crippen LogP contribution in [0, 0.1) is 0 Å². The summed E-state index contributed by atoms with van der Waals surface area (Å²) in [5.74, 6) is -0.359. The van der Waals surface area contributed by atoms with Gasteiger partial charge in [0, 0.05) is 24.5 Å². The van der Waals surface area contributed by atoms with E-state index < -0.39 is 5.97 Å². The van der Waals surface area contributed by atoms with Crippen molar-refractivity contribution in [3.63, 3.8) is 0 Å². The fraction of sp³-hybridized carbons (Fsp3) is 0.0952. The largest absolute Gasteiger partial charge is 0.423 e. The number of ether oxygens (including phenoxy) is 1. The average molecular weight is 407 g/mol. The van der Waals surface area contributed by atoms with Crippen molar-refractivity contribution in [3.8, 4) is 5.75 Å². The lowest BCUT2D eigenvalue weighted by atomic mass is 10.2. The van der Waals surface area contributed by atoms with Gasteiger partial charge in [0.05, 0.1) is 10.4 Å². The van der Waals surface area contributed by atoms with Crippen molar-refractivity contribution in [1.29, 1.82) is 0 Å². The van der Waals surface area contributed by atoms with Crippen molar-refractivity contribution >= 4 is 40.6 Å². The van der Waals surface area contributed by atoms with Crippen molar-refractivity contribution in [2.75, 3.05) is 23.3 Å². The predicted octanol–water partition coefficient (Wildman–Crippen LogP) is 3.75. The predicted molar refractivity (Wildman–Crippen MR) is 111 cm³/mol. The molecule has 8 heteroatoms. The Kier molecular flexibility index (Phi) is 5.26. The molecule has 0 radical (unpaired) electrons. The summed E-state index contributed by atoms with van der Waals surface area (Å²) in [7, 11) is 0. The number of hydrogen-bond acceptors (Lipinski definition) is 5. The number of anilines is 2. The Morgan fingerprint density at radius 2 is 1.90 bits per heavy atom. The van der Waals surface area contributed by atoms with Crippen LogP contribution in [-0.4, -0.2) is 31.0 Å². The molecule has 4 rings (SSSR count). The lowest BCUT2D eigenvalue weighted by Gasteiger charge is -2.15. The van der Waals surface area contributed by atoms with Gasteiger partial charge in [-0.3, -0.25) is 9.69 Å². The summed E-state index contributed by atoms with van der Waals surface area (Å²) in [5, 5.41) is 7.35. The first-order valence-corrected chi connectivity index (χ1v) is 9.81. The van der Waals surface area contributed by atoms with Gasteiger partial charge in [0.25, 0.3) is 5.91 Å². The van der Waals surface area contributed by atoms with Gasteiger partial charge in [0.1, 0.15) is 5.75 Å². The highest BCUT2D eigenvalue weighted by molar-refractivity contribution is 7.12. The molecule has 3 amide bonds. The molecule has 0 spiro atoms. The molecule has 0 bridgehead atoms. The van der Waals surface area contributed by atoms with E-state index in [-0.39, 0.29) is 11.9 Å². The van der Waals surface area contributed by atoms with E-state index in [1.165, 1.54) is 11.3 Å². The van der Waals surface area contributed by atoms with Gasteiger partial charge in [-0.2, -0.15) is 0 Å². The molecule has 1 aliphatic rings. The molecule has 29 heavy (non-hydrogen) atoms. The number of thiophene rings is 1. The maximum atomic E-state index is 12.5. The van der Waals surface area contributed by atoms with Gasteiger partial charge in [-0.25, -0.2) is 9.59 Å². The highest BCUT2D eigenvalue weighted by Gasteiger charge is 2.22. The Labute approximate surface area is 170 Å². The van der Waals surface area contributed by atoms with E-state index in [1.807, 2.05) is 11.4 Å². The van der Waals surface area contributed by atoms with Gasteiger partial charge >= 0.3 is 12.0 Å². The third kappa shape index (κ3) is 4.27. The molecular formula is C21H17N3O4S. The van der Waals surface area contributed by atoms with E-state index in [0.717, 1.165) is 0 Å². The van der Waals surface area contributed by atoms with Gasteiger partial charge in [0.15, 0.2) is 0 Å². The summed E-state index contributed by atoms with van der Waals surface area (Å²) in [6, 6.07) is 16.7. The van der Waals surface area contributed by atoms with Crippen LogP contribution in [0.25, 0.3) is 0 Å². The molecule has 0 atom stereocenters. The van der Waals surface area contributed by atoms with E-state index in [2.05, 4.69) is 10.6 Å². The number of nitrogens with one attached hydrogen (secondary N) is 2. The van der Waals surface area contributed by atoms with Crippen LogP contribution in [-0.2, 0) is 0 Å². The topological polar surface area (TPSA) is 87.7 Å². The molecular weight excluding hydrogens is 390 g/mol. The first-order valence-electron chi connectivity index (χ1n) is 8.93. The van der Waals surface area contributed by atoms with Gasteiger partial charge in [-0.1, -0.05) is 12.1 Å². The second-order valence-electron chi connectivity index (χ2n) is 6.28. The van der Waals surface area contributed by atoms with E-state index in [4.69, 9.17) is 4.74 Å². The summed E-state index contributed by atoms with van der Waals surface area (Å²) in [6.07, 6.45) is 0. The summed E-state index contributed by atoms with van der Waals surface area (Å²) in [6.45, 7) is 1.12. The molecule has 146 valence electrons. The molecule has 1 fully saturated rings. The quantitative estimate of drug-likeness (QED) is 0.498. The summed E-state index contributed by atoms with van der Waals surface area (Å²) < 4.78 is 5.41. The third-order valence-corrected chi connectivity index (χ3v) is 5.19. The molecule has 0 aliphatic carbocycles. The number of carbonyl (C=O) groups is 3. The van der Waals surface area contributed by atoms with Crippen molar-refractivity contribution in [3.05, 3.63) is 76.5 Å². The zero-order valence-electron chi connectivity index (χ0n) is 15.3. The fourth-order valence-corrected chi connectivity index (χ4v) is 3.51.